The lowest BCUT2D eigenvalue weighted by Crippen LogP contribution is -2.20. The quantitative estimate of drug-likeness (QED) is 0.423. The van der Waals surface area contributed by atoms with Crippen LogP contribution in [0.5, 0.6) is 0 Å². The Morgan fingerprint density at radius 2 is 2.12 bits per heavy atom. The molecule has 0 N–H and O–H groups in total. The van der Waals surface area contributed by atoms with Crippen molar-refractivity contribution in [1.29, 1.82) is 0 Å². The summed E-state index contributed by atoms with van der Waals surface area (Å²) in [4.78, 5) is 29.7. The first-order chi connectivity index (χ1) is 7.66. The number of carbonyl (C=O) groups is 2. The Hall–Kier alpha value is -2.17. The summed E-state index contributed by atoms with van der Waals surface area (Å²) in [7, 11) is 0. The number of aromatic nitrogens is 1. The molecule has 7 heteroatoms. The number of azide groups is 1. The summed E-state index contributed by atoms with van der Waals surface area (Å²) in [6.45, 7) is 0. The molecule has 0 radical (unpaired) electrons. The minimum Gasteiger partial charge on any atom is -0.289 e. The standard InChI is InChI=1S/C9H3ClN4O2/c10-5-7(13-14-11)8(15)4-2-1-3-12-6(4)9(5)16/h1-3H. The third-order valence-electron chi connectivity index (χ3n) is 2.03. The van der Waals surface area contributed by atoms with Gasteiger partial charge in [0.1, 0.15) is 16.4 Å². The largest absolute Gasteiger partial charge is 0.289 e. The van der Waals surface area contributed by atoms with Crippen molar-refractivity contribution in [2.75, 3.05) is 0 Å². The van der Waals surface area contributed by atoms with Gasteiger partial charge in [-0.1, -0.05) is 16.7 Å². The van der Waals surface area contributed by atoms with Crippen LogP contribution in [0.2, 0.25) is 0 Å². The van der Waals surface area contributed by atoms with Gasteiger partial charge >= 0.3 is 0 Å². The zero-order valence-corrected chi connectivity index (χ0v) is 8.47. The summed E-state index contributed by atoms with van der Waals surface area (Å²) in [5.74, 6) is -1.20. The molecule has 1 aliphatic carbocycles. The van der Waals surface area contributed by atoms with Gasteiger partial charge in [0, 0.05) is 11.1 Å². The summed E-state index contributed by atoms with van der Waals surface area (Å²) >= 11 is 5.64. The van der Waals surface area contributed by atoms with E-state index in [2.05, 4.69) is 15.0 Å². The molecule has 2 rings (SSSR count). The minimum atomic E-state index is -0.612. The molecular formula is C9H3ClN4O2. The van der Waals surface area contributed by atoms with Crippen molar-refractivity contribution in [3.8, 4) is 0 Å². The molecule has 1 aliphatic rings. The SMILES string of the molecule is [N-]=[N+]=NC1=C(Cl)C(=O)c2ncccc2C1=O. The van der Waals surface area contributed by atoms with Crippen LogP contribution < -0.4 is 0 Å². The van der Waals surface area contributed by atoms with Crippen LogP contribution in [0, 0.1) is 0 Å². The number of hydrogen-bond acceptors (Lipinski definition) is 4. The van der Waals surface area contributed by atoms with Gasteiger partial charge in [-0.3, -0.25) is 14.6 Å². The number of pyridine rings is 1. The Morgan fingerprint density at radius 3 is 2.81 bits per heavy atom. The van der Waals surface area contributed by atoms with Gasteiger partial charge in [0.2, 0.25) is 5.78 Å². The molecule has 78 valence electrons. The van der Waals surface area contributed by atoms with Crippen molar-refractivity contribution in [1.82, 2.24) is 4.98 Å². The van der Waals surface area contributed by atoms with Crippen LogP contribution in [0.3, 0.4) is 0 Å². The van der Waals surface area contributed by atoms with Crippen molar-refractivity contribution in [3.05, 3.63) is 50.8 Å². The van der Waals surface area contributed by atoms with E-state index in [1.165, 1.54) is 18.3 Å². The van der Waals surface area contributed by atoms with Gasteiger partial charge < -0.3 is 0 Å². The summed E-state index contributed by atoms with van der Waals surface area (Å²) in [5.41, 5.74) is 7.97. The first-order valence-corrected chi connectivity index (χ1v) is 4.54. The van der Waals surface area contributed by atoms with Crippen molar-refractivity contribution >= 4 is 23.2 Å². The molecule has 0 aromatic carbocycles. The fraction of sp³-hybridized carbons (Fsp3) is 0. The molecule has 0 amide bonds. The molecule has 0 fully saturated rings. The predicted octanol–water partition coefficient (Wildman–Crippen LogP) is 2.22. The zero-order chi connectivity index (χ0) is 11.7. The number of rotatable bonds is 1. The van der Waals surface area contributed by atoms with E-state index in [1.54, 1.807) is 0 Å². The van der Waals surface area contributed by atoms with Gasteiger partial charge in [0.25, 0.3) is 0 Å². The van der Waals surface area contributed by atoms with Crippen LogP contribution in [-0.4, -0.2) is 16.6 Å². The van der Waals surface area contributed by atoms with Crippen molar-refractivity contribution < 1.29 is 9.59 Å². The third kappa shape index (κ3) is 1.37. The van der Waals surface area contributed by atoms with Crippen LogP contribution in [0.15, 0.2) is 34.2 Å². The molecule has 1 aromatic heterocycles. The number of ketones is 2. The van der Waals surface area contributed by atoms with E-state index in [9.17, 15) is 9.59 Å². The summed E-state index contributed by atoms with van der Waals surface area (Å²) < 4.78 is 0. The Morgan fingerprint density at radius 1 is 1.38 bits per heavy atom. The highest BCUT2D eigenvalue weighted by Gasteiger charge is 2.31. The smallest absolute Gasteiger partial charge is 0.224 e. The lowest BCUT2D eigenvalue weighted by Gasteiger charge is -2.12. The molecule has 0 saturated carbocycles. The van der Waals surface area contributed by atoms with E-state index in [0.29, 0.717) is 0 Å². The number of Topliss-reactive ketones (excluding diaryl/α,β-unsaturated/α-hetero) is 2. The number of carbonyl (C=O) groups excluding carboxylic acids is 2. The van der Waals surface area contributed by atoms with Crippen LogP contribution in [0.4, 0.5) is 0 Å². The third-order valence-corrected chi connectivity index (χ3v) is 2.39. The monoisotopic (exact) mass is 234 g/mol. The zero-order valence-electron chi connectivity index (χ0n) is 7.72. The Balaban J connectivity index is 2.72. The van der Waals surface area contributed by atoms with Gasteiger partial charge in [-0.2, -0.15) is 0 Å². The average Bonchev–Trinajstić information content (AvgIpc) is 2.32. The molecule has 1 heterocycles. The molecule has 1 aromatic rings. The summed E-state index contributed by atoms with van der Waals surface area (Å²) in [5, 5.41) is 2.73. The number of fused-ring (bicyclic) bond motifs is 1. The van der Waals surface area contributed by atoms with Crippen molar-refractivity contribution in [3.63, 3.8) is 0 Å². The Bertz CT molecular complexity index is 587. The second kappa shape index (κ2) is 3.77. The number of allylic oxidation sites excluding steroid dienone is 2. The first-order valence-electron chi connectivity index (χ1n) is 4.16. The lowest BCUT2D eigenvalue weighted by atomic mass is 9.97. The highest BCUT2D eigenvalue weighted by atomic mass is 35.5. The Labute approximate surface area is 94.2 Å². The average molecular weight is 235 g/mol. The van der Waals surface area contributed by atoms with E-state index in [1.807, 2.05) is 0 Å². The summed E-state index contributed by atoms with van der Waals surface area (Å²) in [6.07, 6.45) is 1.38. The molecule has 0 saturated heterocycles. The van der Waals surface area contributed by atoms with Gasteiger partial charge in [0.05, 0.1) is 5.56 Å². The second-order valence-electron chi connectivity index (χ2n) is 2.91. The Kier molecular flexibility index (Phi) is 2.44. The molecule has 0 bridgehead atoms. The fourth-order valence-corrected chi connectivity index (χ4v) is 1.56. The van der Waals surface area contributed by atoms with E-state index in [0.717, 1.165) is 0 Å². The second-order valence-corrected chi connectivity index (χ2v) is 3.29. The molecule has 6 nitrogen and oxygen atoms in total. The molecule has 16 heavy (non-hydrogen) atoms. The number of nitrogens with zero attached hydrogens (tertiary/aromatic N) is 4. The van der Waals surface area contributed by atoms with Crippen LogP contribution >= 0.6 is 11.6 Å². The maximum absolute atomic E-state index is 11.8. The molecule has 0 aliphatic heterocycles. The normalized spacial score (nSPS) is 14.6. The van der Waals surface area contributed by atoms with Gasteiger partial charge in [-0.25, -0.2) is 0 Å². The maximum atomic E-state index is 11.8. The van der Waals surface area contributed by atoms with Gasteiger partial charge in [-0.05, 0) is 17.7 Å². The van der Waals surface area contributed by atoms with E-state index >= 15 is 0 Å². The fourth-order valence-electron chi connectivity index (χ4n) is 1.34. The molecule has 0 unspecified atom stereocenters. The van der Waals surface area contributed by atoms with Gasteiger partial charge in [-0.15, -0.1) is 0 Å². The molecule has 0 atom stereocenters. The lowest BCUT2D eigenvalue weighted by molar-refractivity contribution is 0.0976. The predicted molar refractivity (Wildman–Crippen MR) is 54.9 cm³/mol. The minimum absolute atomic E-state index is 0.0191. The topological polar surface area (TPSA) is 95.8 Å². The van der Waals surface area contributed by atoms with E-state index in [-0.39, 0.29) is 17.0 Å². The molecule has 0 spiro atoms. The van der Waals surface area contributed by atoms with Crippen molar-refractivity contribution in [2.45, 2.75) is 0 Å². The highest BCUT2D eigenvalue weighted by Crippen LogP contribution is 2.27. The summed E-state index contributed by atoms with van der Waals surface area (Å²) in [6, 6.07) is 2.94. The molecular weight excluding hydrogens is 232 g/mol. The number of halogens is 1. The maximum Gasteiger partial charge on any atom is 0.224 e. The van der Waals surface area contributed by atoms with Crippen LogP contribution in [0.25, 0.3) is 10.4 Å². The van der Waals surface area contributed by atoms with Crippen LogP contribution in [0.1, 0.15) is 20.8 Å². The first kappa shape index (κ1) is 10.4. The van der Waals surface area contributed by atoms with Gasteiger partial charge in [0.15, 0.2) is 5.78 Å². The van der Waals surface area contributed by atoms with E-state index in [4.69, 9.17) is 17.1 Å². The van der Waals surface area contributed by atoms with E-state index < -0.39 is 16.6 Å². The number of hydrogen-bond donors (Lipinski definition) is 0. The highest BCUT2D eigenvalue weighted by molar-refractivity contribution is 6.49. The van der Waals surface area contributed by atoms with Crippen molar-refractivity contribution in [2.24, 2.45) is 5.11 Å². The van der Waals surface area contributed by atoms with Crippen LogP contribution in [-0.2, 0) is 0 Å².